The Labute approximate surface area is 97.4 Å². The van der Waals surface area contributed by atoms with Crippen LogP contribution < -0.4 is 4.74 Å². The molecule has 3 nitrogen and oxygen atoms in total. The first kappa shape index (κ1) is 12.9. The van der Waals surface area contributed by atoms with Crippen molar-refractivity contribution < 1.29 is 14.3 Å². The minimum Gasteiger partial charge on any atom is -0.502 e. The van der Waals surface area contributed by atoms with Gasteiger partial charge in [0.2, 0.25) is 5.75 Å². The molecule has 1 N–H and O–H groups in total. The molecule has 1 aromatic heterocycles. The molecular formula is C13H22O3. The molecule has 16 heavy (non-hydrogen) atoms. The van der Waals surface area contributed by atoms with Crippen LogP contribution in [0.25, 0.3) is 0 Å². The van der Waals surface area contributed by atoms with Gasteiger partial charge < -0.3 is 14.3 Å². The molecule has 1 heterocycles. The van der Waals surface area contributed by atoms with E-state index in [1.54, 1.807) is 6.92 Å². The van der Waals surface area contributed by atoms with Crippen LogP contribution >= 0.6 is 0 Å². The van der Waals surface area contributed by atoms with Gasteiger partial charge in [-0.25, -0.2) is 0 Å². The predicted octanol–water partition coefficient (Wildman–Crippen LogP) is 3.82. The van der Waals surface area contributed by atoms with E-state index < -0.39 is 0 Å². The van der Waals surface area contributed by atoms with E-state index in [0.29, 0.717) is 18.1 Å². The second kappa shape index (κ2) is 6.46. The molecule has 0 radical (unpaired) electrons. The summed E-state index contributed by atoms with van der Waals surface area (Å²) >= 11 is 0. The SMILES string of the molecule is CCCCCCOc1c(CC)oc(C)c1O. The van der Waals surface area contributed by atoms with E-state index in [1.165, 1.54) is 19.3 Å². The molecule has 0 atom stereocenters. The summed E-state index contributed by atoms with van der Waals surface area (Å²) in [5.74, 6) is 1.98. The van der Waals surface area contributed by atoms with E-state index in [1.807, 2.05) is 6.92 Å². The third-order valence-corrected chi connectivity index (χ3v) is 2.64. The lowest BCUT2D eigenvalue weighted by atomic mass is 10.2. The molecule has 0 fully saturated rings. The van der Waals surface area contributed by atoms with Gasteiger partial charge in [0, 0.05) is 6.42 Å². The van der Waals surface area contributed by atoms with Crippen LogP contribution in [0.3, 0.4) is 0 Å². The topological polar surface area (TPSA) is 42.6 Å². The summed E-state index contributed by atoms with van der Waals surface area (Å²) in [5.41, 5.74) is 0. The number of unbranched alkanes of at least 4 members (excludes halogenated alkanes) is 3. The second-order valence-corrected chi connectivity index (χ2v) is 4.02. The molecule has 0 saturated carbocycles. The van der Waals surface area contributed by atoms with E-state index in [9.17, 15) is 5.11 Å². The van der Waals surface area contributed by atoms with Crippen molar-refractivity contribution in [2.75, 3.05) is 6.61 Å². The van der Waals surface area contributed by atoms with Gasteiger partial charge in [-0.3, -0.25) is 0 Å². The monoisotopic (exact) mass is 226 g/mol. The summed E-state index contributed by atoms with van der Waals surface area (Å²) in [6.07, 6.45) is 5.40. The second-order valence-electron chi connectivity index (χ2n) is 4.02. The lowest BCUT2D eigenvalue weighted by Gasteiger charge is -2.05. The summed E-state index contributed by atoms with van der Waals surface area (Å²) in [4.78, 5) is 0. The average molecular weight is 226 g/mol. The Hall–Kier alpha value is -1.12. The number of aryl methyl sites for hydroxylation is 2. The van der Waals surface area contributed by atoms with Gasteiger partial charge >= 0.3 is 0 Å². The number of aromatic hydroxyl groups is 1. The largest absolute Gasteiger partial charge is 0.502 e. The third-order valence-electron chi connectivity index (χ3n) is 2.64. The Morgan fingerprint density at radius 1 is 1.19 bits per heavy atom. The van der Waals surface area contributed by atoms with Crippen molar-refractivity contribution >= 4 is 0 Å². The number of hydrogen-bond acceptors (Lipinski definition) is 3. The molecule has 92 valence electrons. The molecule has 0 aliphatic rings. The van der Waals surface area contributed by atoms with Crippen molar-refractivity contribution in [1.82, 2.24) is 0 Å². The molecule has 0 aromatic carbocycles. The molecule has 0 unspecified atom stereocenters. The zero-order chi connectivity index (χ0) is 12.0. The van der Waals surface area contributed by atoms with E-state index in [2.05, 4.69) is 6.92 Å². The lowest BCUT2D eigenvalue weighted by molar-refractivity contribution is 0.285. The van der Waals surface area contributed by atoms with Crippen molar-refractivity contribution in [3.8, 4) is 11.5 Å². The van der Waals surface area contributed by atoms with Crippen LogP contribution in [0.5, 0.6) is 11.5 Å². The Morgan fingerprint density at radius 2 is 1.94 bits per heavy atom. The fourth-order valence-corrected chi connectivity index (χ4v) is 1.66. The molecule has 0 amide bonds. The fraction of sp³-hybridized carbons (Fsp3) is 0.692. The highest BCUT2D eigenvalue weighted by atomic mass is 16.5. The maximum Gasteiger partial charge on any atom is 0.203 e. The van der Waals surface area contributed by atoms with E-state index >= 15 is 0 Å². The predicted molar refractivity (Wildman–Crippen MR) is 64.1 cm³/mol. The zero-order valence-corrected chi connectivity index (χ0v) is 10.5. The summed E-state index contributed by atoms with van der Waals surface area (Å²) < 4.78 is 11.0. The summed E-state index contributed by atoms with van der Waals surface area (Å²) in [7, 11) is 0. The van der Waals surface area contributed by atoms with Crippen LogP contribution in [0, 0.1) is 6.92 Å². The van der Waals surface area contributed by atoms with Crippen molar-refractivity contribution in [3.63, 3.8) is 0 Å². The van der Waals surface area contributed by atoms with Crippen LogP contribution in [-0.4, -0.2) is 11.7 Å². The van der Waals surface area contributed by atoms with Gasteiger partial charge in [-0.2, -0.15) is 0 Å². The molecule has 0 saturated heterocycles. The Bertz CT molecular complexity index is 315. The van der Waals surface area contributed by atoms with Gasteiger partial charge in [-0.1, -0.05) is 33.1 Å². The highest BCUT2D eigenvalue weighted by Crippen LogP contribution is 2.36. The summed E-state index contributed by atoms with van der Waals surface area (Å²) in [6.45, 7) is 6.57. The average Bonchev–Trinajstić information content (AvgIpc) is 2.56. The first-order valence-corrected chi connectivity index (χ1v) is 6.14. The van der Waals surface area contributed by atoms with Crippen LogP contribution in [0.4, 0.5) is 0 Å². The quantitative estimate of drug-likeness (QED) is 0.719. The molecule has 1 aromatic rings. The van der Waals surface area contributed by atoms with E-state index in [0.717, 1.165) is 18.6 Å². The van der Waals surface area contributed by atoms with Gasteiger partial charge in [-0.05, 0) is 13.3 Å². The number of furan rings is 1. The first-order chi connectivity index (χ1) is 7.70. The number of rotatable bonds is 7. The number of ether oxygens (including phenoxy) is 1. The fourth-order valence-electron chi connectivity index (χ4n) is 1.66. The Kier molecular flexibility index (Phi) is 5.23. The minimum absolute atomic E-state index is 0.160. The van der Waals surface area contributed by atoms with E-state index in [-0.39, 0.29) is 5.75 Å². The molecule has 3 heteroatoms. The van der Waals surface area contributed by atoms with Crippen molar-refractivity contribution in [2.45, 2.75) is 52.9 Å². The smallest absolute Gasteiger partial charge is 0.203 e. The summed E-state index contributed by atoms with van der Waals surface area (Å²) in [5, 5.41) is 9.73. The van der Waals surface area contributed by atoms with Crippen LogP contribution in [-0.2, 0) is 6.42 Å². The minimum atomic E-state index is 0.160. The Balaban J connectivity index is 2.46. The van der Waals surface area contributed by atoms with Crippen molar-refractivity contribution in [3.05, 3.63) is 11.5 Å². The zero-order valence-electron chi connectivity index (χ0n) is 10.5. The lowest BCUT2D eigenvalue weighted by Crippen LogP contribution is -1.98. The normalized spacial score (nSPS) is 10.7. The molecular weight excluding hydrogens is 204 g/mol. The molecule has 0 spiro atoms. The standard InChI is InChI=1S/C13H22O3/c1-4-6-7-8-9-15-13-11(5-2)16-10(3)12(13)14/h14H,4-9H2,1-3H3. The number of hydrogen-bond donors (Lipinski definition) is 1. The van der Waals surface area contributed by atoms with Crippen molar-refractivity contribution in [2.24, 2.45) is 0 Å². The van der Waals surface area contributed by atoms with Crippen LogP contribution in [0.2, 0.25) is 0 Å². The van der Waals surface area contributed by atoms with Gasteiger partial charge in [0.15, 0.2) is 5.75 Å². The molecule has 1 rings (SSSR count). The van der Waals surface area contributed by atoms with Crippen LogP contribution in [0.1, 0.15) is 51.1 Å². The van der Waals surface area contributed by atoms with Gasteiger partial charge in [0.1, 0.15) is 11.5 Å². The van der Waals surface area contributed by atoms with Crippen molar-refractivity contribution in [1.29, 1.82) is 0 Å². The van der Waals surface area contributed by atoms with E-state index in [4.69, 9.17) is 9.15 Å². The molecule has 0 bridgehead atoms. The maximum atomic E-state index is 9.73. The maximum absolute atomic E-state index is 9.73. The van der Waals surface area contributed by atoms with Crippen LogP contribution in [0.15, 0.2) is 4.42 Å². The molecule has 0 aliphatic heterocycles. The first-order valence-electron chi connectivity index (χ1n) is 6.14. The highest BCUT2D eigenvalue weighted by Gasteiger charge is 2.16. The molecule has 0 aliphatic carbocycles. The van der Waals surface area contributed by atoms with Gasteiger partial charge in [0.25, 0.3) is 0 Å². The Morgan fingerprint density at radius 3 is 2.56 bits per heavy atom. The van der Waals surface area contributed by atoms with Gasteiger partial charge in [-0.15, -0.1) is 0 Å². The van der Waals surface area contributed by atoms with Gasteiger partial charge in [0.05, 0.1) is 6.61 Å². The summed E-state index contributed by atoms with van der Waals surface area (Å²) in [6, 6.07) is 0. The third kappa shape index (κ3) is 3.19. The highest BCUT2D eigenvalue weighted by molar-refractivity contribution is 5.44.